The molecule has 0 fully saturated rings. The summed E-state index contributed by atoms with van der Waals surface area (Å²) in [4.78, 5) is 23.5. The lowest BCUT2D eigenvalue weighted by atomic mass is 10.1. The summed E-state index contributed by atoms with van der Waals surface area (Å²) in [5, 5.41) is 0.480. The van der Waals surface area contributed by atoms with Crippen LogP contribution < -0.4 is 4.74 Å². The Bertz CT molecular complexity index is 777. The van der Waals surface area contributed by atoms with E-state index in [2.05, 4.69) is 23.8 Å². The van der Waals surface area contributed by atoms with E-state index in [4.69, 9.17) is 16.3 Å². The highest BCUT2D eigenvalue weighted by Crippen LogP contribution is 2.26. The summed E-state index contributed by atoms with van der Waals surface area (Å²) in [6.07, 6.45) is 2.68. The molecule has 1 amide bonds. The zero-order valence-electron chi connectivity index (χ0n) is 14.0. The van der Waals surface area contributed by atoms with Gasteiger partial charge in [0.25, 0.3) is 5.91 Å². The SMILES string of the molecule is COc1cc(Cl)cc(C(=O)N2Cc3cnc(CC(C)C)nc3C2)c1. The number of carbonyl (C=O) groups excluding carboxylic acids is 1. The third-order valence-electron chi connectivity index (χ3n) is 3.94. The Morgan fingerprint density at radius 1 is 1.33 bits per heavy atom. The number of carbonyl (C=O) groups is 1. The molecule has 1 aromatic heterocycles. The number of nitrogens with zero attached hydrogens (tertiary/aromatic N) is 3. The Morgan fingerprint density at radius 3 is 2.83 bits per heavy atom. The highest BCUT2D eigenvalue weighted by atomic mass is 35.5. The first-order chi connectivity index (χ1) is 11.5. The maximum absolute atomic E-state index is 12.8. The Balaban J connectivity index is 1.79. The van der Waals surface area contributed by atoms with Crippen LogP contribution in [0.3, 0.4) is 0 Å². The lowest BCUT2D eigenvalue weighted by Crippen LogP contribution is -2.25. The molecule has 3 rings (SSSR count). The highest BCUT2D eigenvalue weighted by Gasteiger charge is 2.26. The second kappa shape index (κ2) is 6.77. The molecule has 0 saturated carbocycles. The molecule has 1 aromatic carbocycles. The Morgan fingerprint density at radius 2 is 2.12 bits per heavy atom. The van der Waals surface area contributed by atoms with Gasteiger partial charge in [0, 0.05) is 35.3 Å². The van der Waals surface area contributed by atoms with E-state index in [0.717, 1.165) is 23.5 Å². The van der Waals surface area contributed by atoms with E-state index >= 15 is 0 Å². The number of aromatic nitrogens is 2. The molecule has 0 unspecified atom stereocenters. The van der Waals surface area contributed by atoms with Crippen LogP contribution in [0.5, 0.6) is 5.75 Å². The third kappa shape index (κ3) is 3.51. The van der Waals surface area contributed by atoms with Gasteiger partial charge in [-0.2, -0.15) is 0 Å². The van der Waals surface area contributed by atoms with Gasteiger partial charge >= 0.3 is 0 Å². The van der Waals surface area contributed by atoms with Crippen molar-refractivity contribution in [2.45, 2.75) is 33.4 Å². The molecule has 24 heavy (non-hydrogen) atoms. The maximum Gasteiger partial charge on any atom is 0.254 e. The van der Waals surface area contributed by atoms with Gasteiger partial charge in [-0.1, -0.05) is 25.4 Å². The first-order valence-corrected chi connectivity index (χ1v) is 8.31. The third-order valence-corrected chi connectivity index (χ3v) is 4.16. The van der Waals surface area contributed by atoms with Gasteiger partial charge in [0.2, 0.25) is 0 Å². The summed E-state index contributed by atoms with van der Waals surface area (Å²) in [6.45, 7) is 5.29. The summed E-state index contributed by atoms with van der Waals surface area (Å²) in [5.74, 6) is 1.82. The minimum atomic E-state index is -0.0841. The van der Waals surface area contributed by atoms with E-state index in [9.17, 15) is 4.79 Å². The van der Waals surface area contributed by atoms with Gasteiger partial charge in [0.1, 0.15) is 11.6 Å². The summed E-state index contributed by atoms with van der Waals surface area (Å²) in [7, 11) is 1.55. The molecule has 6 heteroatoms. The standard InChI is InChI=1S/C18H20ClN3O2/c1-11(2)4-17-20-8-13-9-22(10-16(13)21-17)18(23)12-5-14(19)7-15(6-12)24-3/h5-8,11H,4,9-10H2,1-3H3. The van der Waals surface area contributed by atoms with Crippen molar-refractivity contribution < 1.29 is 9.53 Å². The molecule has 126 valence electrons. The number of hydrogen-bond donors (Lipinski definition) is 0. The molecule has 0 atom stereocenters. The average molecular weight is 346 g/mol. The molecule has 1 aliphatic rings. The van der Waals surface area contributed by atoms with Crippen molar-refractivity contribution in [3.63, 3.8) is 0 Å². The van der Waals surface area contributed by atoms with Crippen molar-refractivity contribution in [1.82, 2.24) is 14.9 Å². The number of ether oxygens (including phenoxy) is 1. The number of amides is 1. The van der Waals surface area contributed by atoms with E-state index in [-0.39, 0.29) is 5.91 Å². The molecule has 0 radical (unpaired) electrons. The van der Waals surface area contributed by atoms with Gasteiger partial charge in [0.05, 0.1) is 19.3 Å². The fraction of sp³-hybridized carbons (Fsp3) is 0.389. The Hall–Kier alpha value is -2.14. The molecular formula is C18H20ClN3O2. The first kappa shape index (κ1) is 16.7. The second-order valence-electron chi connectivity index (χ2n) is 6.40. The number of hydrogen-bond acceptors (Lipinski definition) is 4. The topological polar surface area (TPSA) is 55.3 Å². The van der Waals surface area contributed by atoms with Crippen LogP contribution in [-0.2, 0) is 19.5 Å². The molecule has 2 aromatic rings. The molecule has 5 nitrogen and oxygen atoms in total. The lowest BCUT2D eigenvalue weighted by molar-refractivity contribution is 0.0750. The largest absolute Gasteiger partial charge is 0.497 e. The second-order valence-corrected chi connectivity index (χ2v) is 6.83. The van der Waals surface area contributed by atoms with Crippen LogP contribution in [0.1, 0.15) is 41.3 Å². The number of methoxy groups -OCH3 is 1. The van der Waals surface area contributed by atoms with Gasteiger partial charge in [-0.25, -0.2) is 9.97 Å². The van der Waals surface area contributed by atoms with Crippen molar-refractivity contribution in [3.05, 3.63) is 52.1 Å². The fourth-order valence-electron chi connectivity index (χ4n) is 2.79. The van der Waals surface area contributed by atoms with Crippen LogP contribution in [0.15, 0.2) is 24.4 Å². The minimum Gasteiger partial charge on any atom is -0.497 e. The molecule has 0 N–H and O–H groups in total. The van der Waals surface area contributed by atoms with Crippen molar-refractivity contribution >= 4 is 17.5 Å². The molecule has 2 heterocycles. The normalized spacial score (nSPS) is 13.3. The van der Waals surface area contributed by atoms with Gasteiger partial charge in [0.15, 0.2) is 0 Å². The fourth-order valence-corrected chi connectivity index (χ4v) is 3.01. The number of rotatable bonds is 4. The van der Waals surface area contributed by atoms with Gasteiger partial charge in [-0.05, 0) is 24.1 Å². The smallest absolute Gasteiger partial charge is 0.254 e. The Labute approximate surface area is 146 Å². The van der Waals surface area contributed by atoms with Crippen LogP contribution in [-0.4, -0.2) is 27.9 Å². The molecule has 0 saturated heterocycles. The highest BCUT2D eigenvalue weighted by molar-refractivity contribution is 6.31. The zero-order chi connectivity index (χ0) is 17.3. The monoisotopic (exact) mass is 345 g/mol. The summed E-state index contributed by atoms with van der Waals surface area (Å²) >= 11 is 6.06. The summed E-state index contributed by atoms with van der Waals surface area (Å²) in [5.41, 5.74) is 2.45. The van der Waals surface area contributed by atoms with E-state index in [0.29, 0.717) is 35.3 Å². The van der Waals surface area contributed by atoms with Crippen LogP contribution >= 0.6 is 11.6 Å². The van der Waals surface area contributed by atoms with E-state index in [1.807, 2.05) is 6.20 Å². The van der Waals surface area contributed by atoms with Crippen molar-refractivity contribution in [3.8, 4) is 5.75 Å². The lowest BCUT2D eigenvalue weighted by Gasteiger charge is -2.15. The van der Waals surface area contributed by atoms with Crippen LogP contribution in [0.4, 0.5) is 0 Å². The molecule has 0 bridgehead atoms. The number of fused-ring (bicyclic) bond motifs is 1. The number of benzene rings is 1. The van der Waals surface area contributed by atoms with Crippen molar-refractivity contribution in [2.24, 2.45) is 5.92 Å². The number of halogens is 1. The predicted octanol–water partition coefficient (Wildman–Crippen LogP) is 3.49. The van der Waals surface area contributed by atoms with Gasteiger partial charge < -0.3 is 9.64 Å². The Kier molecular flexibility index (Phi) is 4.71. The molecule has 1 aliphatic heterocycles. The van der Waals surface area contributed by atoms with Crippen LogP contribution in [0.25, 0.3) is 0 Å². The summed E-state index contributed by atoms with van der Waals surface area (Å²) in [6, 6.07) is 5.04. The van der Waals surface area contributed by atoms with Crippen LogP contribution in [0, 0.1) is 5.92 Å². The van der Waals surface area contributed by atoms with Crippen molar-refractivity contribution in [2.75, 3.05) is 7.11 Å². The van der Waals surface area contributed by atoms with Crippen LogP contribution in [0.2, 0.25) is 5.02 Å². The predicted molar refractivity (Wildman–Crippen MR) is 92.2 cm³/mol. The van der Waals surface area contributed by atoms with E-state index in [1.165, 1.54) is 0 Å². The van der Waals surface area contributed by atoms with Crippen molar-refractivity contribution in [1.29, 1.82) is 0 Å². The summed E-state index contributed by atoms with van der Waals surface area (Å²) < 4.78 is 5.19. The quantitative estimate of drug-likeness (QED) is 0.851. The minimum absolute atomic E-state index is 0.0841. The first-order valence-electron chi connectivity index (χ1n) is 7.93. The van der Waals surface area contributed by atoms with E-state index in [1.54, 1.807) is 30.2 Å². The average Bonchev–Trinajstić information content (AvgIpc) is 2.96. The van der Waals surface area contributed by atoms with E-state index < -0.39 is 0 Å². The maximum atomic E-state index is 12.8. The molecular weight excluding hydrogens is 326 g/mol. The molecule has 0 aliphatic carbocycles. The zero-order valence-corrected chi connectivity index (χ0v) is 14.8. The van der Waals surface area contributed by atoms with Gasteiger partial charge in [-0.3, -0.25) is 4.79 Å². The molecule has 0 spiro atoms. The van der Waals surface area contributed by atoms with Gasteiger partial charge in [-0.15, -0.1) is 0 Å².